The van der Waals surface area contributed by atoms with E-state index >= 15 is 0 Å². The smallest absolute Gasteiger partial charge is 0.326 e. The quantitative estimate of drug-likeness (QED) is 0.0952. The SMILES string of the molecule is NC(=O)CCC(NC(=O)C(CCC(=O)O)NC(=O)C(Cc1cnc[nH]1)NC(=O)C(N)Cc1cnc[nH]1)C(=O)O. The van der Waals surface area contributed by atoms with Crippen molar-refractivity contribution in [2.75, 3.05) is 0 Å². The second-order valence-electron chi connectivity index (χ2n) is 8.63. The Balaban J connectivity index is 2.17. The van der Waals surface area contributed by atoms with Crippen molar-refractivity contribution in [1.29, 1.82) is 0 Å². The molecule has 4 amide bonds. The number of amides is 4. The van der Waals surface area contributed by atoms with E-state index in [-0.39, 0.29) is 32.1 Å². The molecule has 0 aromatic carbocycles. The molecule has 17 heteroatoms. The molecule has 17 nitrogen and oxygen atoms in total. The summed E-state index contributed by atoms with van der Waals surface area (Å²) < 4.78 is 0. The average Bonchev–Trinajstić information content (AvgIpc) is 3.57. The molecule has 4 atom stereocenters. The molecule has 0 aliphatic carbocycles. The van der Waals surface area contributed by atoms with Gasteiger partial charge in [-0.05, 0) is 12.8 Å². The van der Waals surface area contributed by atoms with Crippen LogP contribution in [-0.2, 0) is 41.6 Å². The van der Waals surface area contributed by atoms with Gasteiger partial charge in [0.2, 0.25) is 23.6 Å². The maximum absolute atomic E-state index is 13.2. The van der Waals surface area contributed by atoms with Gasteiger partial charge in [0.15, 0.2) is 0 Å². The number of hydrogen-bond acceptors (Lipinski definition) is 9. The molecule has 2 aromatic rings. The van der Waals surface area contributed by atoms with Gasteiger partial charge in [0.1, 0.15) is 18.1 Å². The van der Waals surface area contributed by atoms with Gasteiger partial charge in [-0.15, -0.1) is 0 Å². The third-order valence-electron chi connectivity index (χ3n) is 5.52. The number of carboxylic acids is 2. The number of nitrogens with one attached hydrogen (secondary N) is 5. The topological polar surface area (TPSA) is 288 Å². The molecule has 11 N–H and O–H groups in total. The van der Waals surface area contributed by atoms with Crippen LogP contribution >= 0.6 is 0 Å². The molecule has 0 fully saturated rings. The fourth-order valence-electron chi connectivity index (χ4n) is 3.46. The molecular weight excluding hydrogens is 518 g/mol. The predicted octanol–water partition coefficient (Wildman–Crippen LogP) is -3.09. The molecule has 0 radical (unpaired) electrons. The zero-order chi connectivity index (χ0) is 28.9. The second kappa shape index (κ2) is 14.8. The zero-order valence-electron chi connectivity index (χ0n) is 20.8. The lowest BCUT2D eigenvalue weighted by atomic mass is 10.1. The Kier molecular flexibility index (Phi) is 11.6. The monoisotopic (exact) mass is 549 g/mol. The molecule has 39 heavy (non-hydrogen) atoms. The second-order valence-corrected chi connectivity index (χ2v) is 8.63. The molecule has 0 aliphatic rings. The summed E-state index contributed by atoms with van der Waals surface area (Å²) in [6, 6.07) is -5.33. The summed E-state index contributed by atoms with van der Waals surface area (Å²) in [6.07, 6.45) is 4.11. The number of nitrogens with zero attached hydrogens (tertiary/aromatic N) is 2. The van der Waals surface area contributed by atoms with Gasteiger partial charge in [0.05, 0.1) is 18.7 Å². The minimum absolute atomic E-state index is 0.0853. The van der Waals surface area contributed by atoms with Crippen LogP contribution in [0.1, 0.15) is 37.1 Å². The third-order valence-corrected chi connectivity index (χ3v) is 5.52. The number of nitrogens with two attached hydrogens (primary N) is 2. The van der Waals surface area contributed by atoms with E-state index in [0.717, 1.165) is 0 Å². The van der Waals surface area contributed by atoms with Crippen molar-refractivity contribution in [2.45, 2.75) is 62.7 Å². The highest BCUT2D eigenvalue weighted by Gasteiger charge is 2.31. The molecule has 2 rings (SSSR count). The first-order chi connectivity index (χ1) is 18.5. The number of imidazole rings is 2. The first-order valence-corrected chi connectivity index (χ1v) is 11.8. The van der Waals surface area contributed by atoms with Crippen LogP contribution in [0.25, 0.3) is 0 Å². The Morgan fingerprint density at radius 1 is 0.769 bits per heavy atom. The van der Waals surface area contributed by atoms with Gasteiger partial charge in [0.25, 0.3) is 0 Å². The van der Waals surface area contributed by atoms with Crippen LogP contribution in [0.5, 0.6) is 0 Å². The fraction of sp³-hybridized carbons (Fsp3) is 0.455. The normalized spacial score (nSPS) is 13.9. The van der Waals surface area contributed by atoms with E-state index < -0.39 is 66.2 Å². The lowest BCUT2D eigenvalue weighted by molar-refractivity contribution is -0.143. The molecule has 0 bridgehead atoms. The largest absolute Gasteiger partial charge is 0.481 e. The van der Waals surface area contributed by atoms with Crippen LogP contribution in [0.15, 0.2) is 25.0 Å². The van der Waals surface area contributed by atoms with Crippen molar-refractivity contribution >= 4 is 35.6 Å². The lowest BCUT2D eigenvalue weighted by Crippen LogP contribution is -2.58. The number of aliphatic carboxylic acids is 2. The number of carboxylic acid groups (broad SMARTS) is 2. The molecule has 212 valence electrons. The van der Waals surface area contributed by atoms with Crippen molar-refractivity contribution < 1.29 is 39.0 Å². The summed E-state index contributed by atoms with van der Waals surface area (Å²) in [6.45, 7) is 0. The number of carbonyl (C=O) groups excluding carboxylic acids is 4. The van der Waals surface area contributed by atoms with Crippen LogP contribution in [0.3, 0.4) is 0 Å². The maximum atomic E-state index is 13.2. The molecule has 0 spiro atoms. The fourth-order valence-corrected chi connectivity index (χ4v) is 3.46. The highest BCUT2D eigenvalue weighted by Crippen LogP contribution is 2.06. The highest BCUT2D eigenvalue weighted by atomic mass is 16.4. The number of primary amides is 1. The Bertz CT molecular complexity index is 1140. The first kappa shape index (κ1) is 30.4. The maximum Gasteiger partial charge on any atom is 0.326 e. The van der Waals surface area contributed by atoms with E-state index in [4.69, 9.17) is 16.6 Å². The molecular formula is C22H31N9O8. The van der Waals surface area contributed by atoms with Crippen LogP contribution < -0.4 is 27.4 Å². The van der Waals surface area contributed by atoms with Crippen molar-refractivity contribution in [2.24, 2.45) is 11.5 Å². The Hall–Kier alpha value is -4.80. The van der Waals surface area contributed by atoms with Crippen LogP contribution in [0, 0.1) is 0 Å². The third kappa shape index (κ3) is 10.6. The summed E-state index contributed by atoms with van der Waals surface area (Å²) in [5.41, 5.74) is 12.1. The van der Waals surface area contributed by atoms with Crippen molar-refractivity contribution in [3.8, 4) is 0 Å². The number of H-pyrrole nitrogens is 2. The molecule has 0 saturated carbocycles. The Morgan fingerprint density at radius 3 is 1.79 bits per heavy atom. The first-order valence-electron chi connectivity index (χ1n) is 11.8. The van der Waals surface area contributed by atoms with Gasteiger partial charge < -0.3 is 47.6 Å². The van der Waals surface area contributed by atoms with E-state index in [9.17, 15) is 33.9 Å². The number of aromatic nitrogens is 4. The van der Waals surface area contributed by atoms with Gasteiger partial charge in [-0.3, -0.25) is 24.0 Å². The molecule has 0 saturated heterocycles. The molecule has 4 unspecified atom stereocenters. The Morgan fingerprint density at radius 2 is 1.28 bits per heavy atom. The van der Waals surface area contributed by atoms with Crippen LogP contribution in [-0.4, -0.2) is 89.9 Å². The summed E-state index contributed by atoms with van der Waals surface area (Å²) in [4.78, 5) is 85.9. The molecule has 0 aliphatic heterocycles. The van der Waals surface area contributed by atoms with Gasteiger partial charge in [-0.1, -0.05) is 0 Å². The van der Waals surface area contributed by atoms with Gasteiger partial charge in [-0.2, -0.15) is 0 Å². The summed E-state index contributed by atoms with van der Waals surface area (Å²) in [7, 11) is 0. The highest BCUT2D eigenvalue weighted by molar-refractivity contribution is 5.94. The summed E-state index contributed by atoms with van der Waals surface area (Å²) in [5.74, 6) is -6.05. The number of rotatable bonds is 17. The standard InChI is InChI=1S/C22H31N9O8/c23-13(5-11-7-25-9-27-11)19(35)31-16(6-12-8-26-10-28-12)21(37)29-14(2-4-18(33)34)20(36)30-15(22(38)39)1-3-17(24)32/h7-10,13-16H,1-6,23H2,(H2,24,32)(H,25,27)(H,26,28)(H,29,37)(H,30,36)(H,31,35)(H,33,34)(H,38,39). The van der Waals surface area contributed by atoms with E-state index in [0.29, 0.717) is 11.4 Å². The van der Waals surface area contributed by atoms with Crippen molar-refractivity contribution in [1.82, 2.24) is 35.9 Å². The van der Waals surface area contributed by atoms with E-state index in [2.05, 4.69) is 35.9 Å². The minimum atomic E-state index is -1.52. The van der Waals surface area contributed by atoms with Crippen LogP contribution in [0.2, 0.25) is 0 Å². The number of carbonyl (C=O) groups is 6. The summed E-state index contributed by atoms with van der Waals surface area (Å²) in [5, 5.41) is 25.5. The summed E-state index contributed by atoms with van der Waals surface area (Å²) >= 11 is 0. The van der Waals surface area contributed by atoms with Crippen LogP contribution in [0.4, 0.5) is 0 Å². The van der Waals surface area contributed by atoms with Crippen molar-refractivity contribution in [3.05, 3.63) is 36.4 Å². The van der Waals surface area contributed by atoms with Crippen molar-refractivity contribution in [3.63, 3.8) is 0 Å². The minimum Gasteiger partial charge on any atom is -0.481 e. The van der Waals surface area contributed by atoms with Gasteiger partial charge in [-0.25, -0.2) is 14.8 Å². The number of hydrogen-bond donors (Lipinski definition) is 9. The van der Waals surface area contributed by atoms with E-state index in [1.165, 1.54) is 25.0 Å². The molecule has 2 aromatic heterocycles. The predicted molar refractivity (Wildman–Crippen MR) is 131 cm³/mol. The molecule has 2 heterocycles. The number of aromatic amines is 2. The zero-order valence-corrected chi connectivity index (χ0v) is 20.8. The lowest BCUT2D eigenvalue weighted by Gasteiger charge is -2.25. The average molecular weight is 550 g/mol. The van der Waals surface area contributed by atoms with E-state index in [1.54, 1.807) is 0 Å². The van der Waals surface area contributed by atoms with Gasteiger partial charge >= 0.3 is 11.9 Å². The Labute approximate surface area is 221 Å². The van der Waals surface area contributed by atoms with E-state index in [1.807, 2.05) is 0 Å². The van der Waals surface area contributed by atoms with Gasteiger partial charge in [0, 0.05) is 49.5 Å².